The number of ether oxygens (including phenoxy) is 1. The summed E-state index contributed by atoms with van der Waals surface area (Å²) in [7, 11) is 0. The minimum atomic E-state index is -0.584. The van der Waals surface area contributed by atoms with Gasteiger partial charge in [-0.15, -0.1) is 0 Å². The molecule has 182 valence electrons. The van der Waals surface area contributed by atoms with Crippen molar-refractivity contribution < 1.29 is 14.3 Å². The van der Waals surface area contributed by atoms with E-state index in [1.807, 2.05) is 52.8 Å². The summed E-state index contributed by atoms with van der Waals surface area (Å²) in [6.07, 6.45) is 3.50. The lowest BCUT2D eigenvalue weighted by Crippen LogP contribution is -2.49. The first kappa shape index (κ1) is 22.8. The maximum atomic E-state index is 13.3. The normalized spacial score (nSPS) is 18.4. The van der Waals surface area contributed by atoms with Crippen LogP contribution in [-0.2, 0) is 4.74 Å². The third-order valence-electron chi connectivity index (χ3n) is 6.13. The number of carbonyl (C=O) groups excluding carboxylic acids is 2. The van der Waals surface area contributed by atoms with Crippen LogP contribution in [0.5, 0.6) is 0 Å². The van der Waals surface area contributed by atoms with Crippen molar-refractivity contribution in [2.75, 3.05) is 13.1 Å². The van der Waals surface area contributed by atoms with Crippen LogP contribution in [-0.4, -0.2) is 66.3 Å². The van der Waals surface area contributed by atoms with Gasteiger partial charge >= 0.3 is 6.09 Å². The van der Waals surface area contributed by atoms with E-state index in [9.17, 15) is 9.59 Å². The summed E-state index contributed by atoms with van der Waals surface area (Å²) in [6.45, 7) is 10.3. The number of benzene rings is 1. The Hall–Kier alpha value is -3.95. The molecule has 10 nitrogen and oxygen atoms in total. The minimum Gasteiger partial charge on any atom is -0.444 e. The fourth-order valence-corrected chi connectivity index (χ4v) is 4.39. The van der Waals surface area contributed by atoms with Gasteiger partial charge in [-0.05, 0) is 52.7 Å². The molecule has 5 rings (SSSR count). The van der Waals surface area contributed by atoms with Crippen LogP contribution in [0.25, 0.3) is 33.5 Å². The van der Waals surface area contributed by atoms with Crippen molar-refractivity contribution in [3.63, 3.8) is 0 Å². The average Bonchev–Trinajstić information content (AvgIpc) is 3.48. The number of hydrogen-bond acceptors (Lipinski definition) is 6. The second-order valence-corrected chi connectivity index (χ2v) is 10.4. The molecule has 3 N–H and O–H groups in total. The number of nitrogens with zero attached hydrogens (tertiary/aromatic N) is 4. The summed E-state index contributed by atoms with van der Waals surface area (Å²) < 4.78 is 5.48. The van der Waals surface area contributed by atoms with Crippen molar-refractivity contribution in [3.05, 3.63) is 41.7 Å². The van der Waals surface area contributed by atoms with Gasteiger partial charge in [0.15, 0.2) is 5.65 Å². The molecular weight excluding hydrogens is 446 g/mol. The molecule has 1 saturated heterocycles. The van der Waals surface area contributed by atoms with Crippen LogP contribution >= 0.6 is 0 Å². The minimum absolute atomic E-state index is 0.279. The molecule has 4 heterocycles. The molecule has 4 aromatic rings. The molecular formula is C25H29N7O3. The average molecular weight is 476 g/mol. The predicted octanol–water partition coefficient (Wildman–Crippen LogP) is 3.94. The van der Waals surface area contributed by atoms with Crippen LogP contribution in [0.2, 0.25) is 0 Å². The van der Waals surface area contributed by atoms with Gasteiger partial charge in [-0.25, -0.2) is 14.8 Å². The fraction of sp³-hybridized carbons (Fsp3) is 0.400. The Morgan fingerprint density at radius 3 is 2.83 bits per heavy atom. The van der Waals surface area contributed by atoms with Crippen molar-refractivity contribution >= 4 is 34.1 Å². The second kappa shape index (κ2) is 8.07. The Kier molecular flexibility index (Phi) is 5.26. The molecule has 1 aliphatic rings. The first-order valence-corrected chi connectivity index (χ1v) is 11.6. The maximum Gasteiger partial charge on any atom is 0.410 e. The zero-order valence-electron chi connectivity index (χ0n) is 20.5. The van der Waals surface area contributed by atoms with E-state index < -0.39 is 11.1 Å². The molecule has 0 aliphatic carbocycles. The SMILES string of the molecule is Cc1ccc2c(-c3cnc4[nH]cc(C(=O)NC5(C)CCN(C(=O)OC(C)(C)C)C5)c4n3)n[nH]c2c1. The van der Waals surface area contributed by atoms with E-state index in [1.54, 1.807) is 17.3 Å². The Labute approximate surface area is 202 Å². The predicted molar refractivity (Wildman–Crippen MR) is 132 cm³/mol. The summed E-state index contributed by atoms with van der Waals surface area (Å²) in [4.78, 5) is 39.6. The summed E-state index contributed by atoms with van der Waals surface area (Å²) in [5.74, 6) is -0.279. The number of carbonyl (C=O) groups is 2. The van der Waals surface area contributed by atoms with Crippen LogP contribution in [0, 0.1) is 6.92 Å². The molecule has 0 radical (unpaired) electrons. The molecule has 0 spiro atoms. The van der Waals surface area contributed by atoms with E-state index in [-0.39, 0.29) is 12.0 Å². The Morgan fingerprint density at radius 1 is 1.26 bits per heavy atom. The lowest BCUT2D eigenvalue weighted by molar-refractivity contribution is 0.0281. The van der Waals surface area contributed by atoms with Crippen LogP contribution in [0.1, 0.15) is 50.0 Å². The van der Waals surface area contributed by atoms with E-state index in [4.69, 9.17) is 9.72 Å². The van der Waals surface area contributed by atoms with Gasteiger partial charge in [0.05, 0.1) is 22.8 Å². The summed E-state index contributed by atoms with van der Waals surface area (Å²) >= 11 is 0. The largest absolute Gasteiger partial charge is 0.444 e. The zero-order chi connectivity index (χ0) is 25.0. The number of nitrogens with one attached hydrogen (secondary N) is 3. The lowest BCUT2D eigenvalue weighted by atomic mass is 10.0. The molecule has 1 fully saturated rings. The standard InChI is InChI=1S/C25H29N7O3/c1-14-6-7-15-17(10-14)30-31-19(15)18-12-27-21-20(28-18)16(11-26-21)22(33)29-25(5)8-9-32(13-25)23(34)35-24(2,3)4/h6-7,10-12H,8-9,13H2,1-5H3,(H,26,27)(H,29,33)(H,30,31). The van der Waals surface area contributed by atoms with Crippen molar-refractivity contribution in [2.24, 2.45) is 0 Å². The van der Waals surface area contributed by atoms with Gasteiger partial charge < -0.3 is 19.9 Å². The fourth-order valence-electron chi connectivity index (χ4n) is 4.39. The van der Waals surface area contributed by atoms with Gasteiger partial charge in [-0.1, -0.05) is 12.1 Å². The summed E-state index contributed by atoms with van der Waals surface area (Å²) in [5.41, 5.74) is 3.51. The number of aryl methyl sites for hydroxylation is 1. The first-order valence-electron chi connectivity index (χ1n) is 11.6. The van der Waals surface area contributed by atoms with E-state index in [2.05, 4.69) is 25.5 Å². The number of fused-ring (bicyclic) bond motifs is 2. The second-order valence-electron chi connectivity index (χ2n) is 10.4. The number of aromatic amines is 2. The van der Waals surface area contributed by atoms with E-state index in [0.29, 0.717) is 47.6 Å². The number of likely N-dealkylation sites (tertiary alicyclic amines) is 1. The summed E-state index contributed by atoms with van der Waals surface area (Å²) in [6, 6.07) is 6.04. The molecule has 1 aromatic carbocycles. The summed E-state index contributed by atoms with van der Waals surface area (Å²) in [5, 5.41) is 11.5. The van der Waals surface area contributed by atoms with Gasteiger partial charge in [0.1, 0.15) is 22.5 Å². The van der Waals surface area contributed by atoms with Crippen molar-refractivity contribution in [3.8, 4) is 11.4 Å². The molecule has 35 heavy (non-hydrogen) atoms. The molecule has 0 saturated carbocycles. The molecule has 1 aliphatic heterocycles. The van der Waals surface area contributed by atoms with Crippen LogP contribution in [0.15, 0.2) is 30.6 Å². The Bertz CT molecular complexity index is 1450. The highest BCUT2D eigenvalue weighted by Gasteiger charge is 2.39. The van der Waals surface area contributed by atoms with Gasteiger partial charge in [0.25, 0.3) is 5.91 Å². The number of aromatic nitrogens is 5. The zero-order valence-corrected chi connectivity index (χ0v) is 20.5. The van der Waals surface area contributed by atoms with E-state index in [1.165, 1.54) is 0 Å². The topological polar surface area (TPSA) is 129 Å². The highest BCUT2D eigenvalue weighted by Crippen LogP contribution is 2.28. The highest BCUT2D eigenvalue weighted by molar-refractivity contribution is 6.05. The maximum absolute atomic E-state index is 13.3. The molecule has 2 amide bonds. The lowest BCUT2D eigenvalue weighted by Gasteiger charge is -2.27. The monoisotopic (exact) mass is 475 g/mol. The third-order valence-corrected chi connectivity index (χ3v) is 6.13. The van der Waals surface area contributed by atoms with Crippen LogP contribution in [0.4, 0.5) is 4.79 Å². The molecule has 0 bridgehead atoms. The first-order chi connectivity index (χ1) is 16.5. The molecule has 1 unspecified atom stereocenters. The Balaban J connectivity index is 1.38. The third kappa shape index (κ3) is 4.43. The van der Waals surface area contributed by atoms with E-state index >= 15 is 0 Å². The van der Waals surface area contributed by atoms with Crippen molar-refractivity contribution in [1.82, 2.24) is 35.4 Å². The van der Waals surface area contributed by atoms with Gasteiger partial charge in [0, 0.05) is 24.7 Å². The number of H-pyrrole nitrogens is 2. The van der Waals surface area contributed by atoms with Gasteiger partial charge in [-0.3, -0.25) is 9.89 Å². The van der Waals surface area contributed by atoms with Gasteiger partial charge in [0.2, 0.25) is 0 Å². The van der Waals surface area contributed by atoms with Crippen LogP contribution < -0.4 is 5.32 Å². The smallest absolute Gasteiger partial charge is 0.410 e. The number of rotatable bonds is 3. The van der Waals surface area contributed by atoms with Crippen LogP contribution in [0.3, 0.4) is 0 Å². The van der Waals surface area contributed by atoms with Crippen molar-refractivity contribution in [1.29, 1.82) is 0 Å². The molecule has 3 aromatic heterocycles. The van der Waals surface area contributed by atoms with Gasteiger partial charge in [-0.2, -0.15) is 5.10 Å². The van der Waals surface area contributed by atoms with Crippen molar-refractivity contribution in [2.45, 2.75) is 52.2 Å². The quantitative estimate of drug-likeness (QED) is 0.412. The number of amides is 2. The van der Waals surface area contributed by atoms with E-state index in [0.717, 1.165) is 16.5 Å². The number of hydrogen-bond donors (Lipinski definition) is 3. The molecule has 1 atom stereocenters. The Morgan fingerprint density at radius 2 is 2.06 bits per heavy atom. The highest BCUT2D eigenvalue weighted by atomic mass is 16.6. The molecule has 10 heteroatoms.